The van der Waals surface area contributed by atoms with E-state index in [1.807, 2.05) is 25.1 Å². The van der Waals surface area contributed by atoms with Gasteiger partial charge in [0.25, 0.3) is 0 Å². The summed E-state index contributed by atoms with van der Waals surface area (Å²) in [7, 11) is 0. The number of anilines is 1. The summed E-state index contributed by atoms with van der Waals surface area (Å²) in [6.07, 6.45) is 5.17. The minimum Gasteiger partial charge on any atom is -0.261 e. The molecule has 1 aromatic carbocycles. The van der Waals surface area contributed by atoms with Gasteiger partial charge in [0.05, 0.1) is 0 Å². The fraction of sp³-hybridized carbons (Fsp3) is 0.0833. The summed E-state index contributed by atoms with van der Waals surface area (Å²) in [6.45, 7) is 2.04. The molecule has 16 heavy (non-hydrogen) atoms. The maximum absolute atomic E-state index is 8.40. The zero-order valence-corrected chi connectivity index (χ0v) is 8.81. The van der Waals surface area contributed by atoms with E-state index >= 15 is 0 Å². The molecule has 78 valence electrons. The van der Waals surface area contributed by atoms with Crippen LogP contribution in [0.25, 0.3) is 11.1 Å². The molecule has 1 aromatic heterocycles. The van der Waals surface area contributed by atoms with Gasteiger partial charge >= 0.3 is 0 Å². The molecule has 1 heterocycles. The molecule has 0 spiro atoms. The molecule has 0 unspecified atom stereocenters. The number of benzene rings is 1. The van der Waals surface area contributed by atoms with E-state index in [9.17, 15) is 0 Å². The summed E-state index contributed by atoms with van der Waals surface area (Å²) < 4.78 is 0. The Morgan fingerprint density at radius 2 is 1.94 bits per heavy atom. The Balaban J connectivity index is 2.32. The van der Waals surface area contributed by atoms with Crippen LogP contribution in [-0.4, -0.2) is 9.97 Å². The lowest BCUT2D eigenvalue weighted by atomic mass is 10.1. The van der Waals surface area contributed by atoms with Gasteiger partial charge in [-0.2, -0.15) is 5.26 Å². The van der Waals surface area contributed by atoms with Crippen LogP contribution in [0.15, 0.2) is 36.7 Å². The minimum atomic E-state index is 0.318. The van der Waals surface area contributed by atoms with E-state index in [0.717, 1.165) is 11.1 Å². The summed E-state index contributed by atoms with van der Waals surface area (Å²) in [4.78, 5) is 8.06. The molecule has 0 bridgehead atoms. The van der Waals surface area contributed by atoms with Crippen molar-refractivity contribution in [2.75, 3.05) is 5.32 Å². The summed E-state index contributed by atoms with van der Waals surface area (Å²) in [6, 6.07) is 8.10. The fourth-order valence-electron chi connectivity index (χ4n) is 1.42. The van der Waals surface area contributed by atoms with E-state index in [-0.39, 0.29) is 0 Å². The third-order valence-corrected chi connectivity index (χ3v) is 2.17. The monoisotopic (exact) mass is 210 g/mol. The number of nitrogens with one attached hydrogen (secondary N) is 1. The highest BCUT2D eigenvalue weighted by Gasteiger charge is 1.99. The van der Waals surface area contributed by atoms with Gasteiger partial charge in [-0.1, -0.05) is 29.8 Å². The van der Waals surface area contributed by atoms with E-state index in [4.69, 9.17) is 5.26 Å². The van der Waals surface area contributed by atoms with Crippen LogP contribution in [0, 0.1) is 18.4 Å². The van der Waals surface area contributed by atoms with E-state index in [1.54, 1.807) is 18.6 Å². The van der Waals surface area contributed by atoms with Crippen molar-refractivity contribution in [3.8, 4) is 17.3 Å². The van der Waals surface area contributed by atoms with Crippen molar-refractivity contribution in [1.82, 2.24) is 9.97 Å². The maximum Gasteiger partial charge on any atom is 0.236 e. The van der Waals surface area contributed by atoms with Crippen molar-refractivity contribution < 1.29 is 0 Å². The Hall–Kier alpha value is -2.41. The topological polar surface area (TPSA) is 61.6 Å². The van der Waals surface area contributed by atoms with Crippen molar-refractivity contribution in [2.45, 2.75) is 6.92 Å². The average Bonchev–Trinajstić information content (AvgIpc) is 2.30. The standard InChI is InChI=1S/C12H10N4/c1-9-3-2-4-10(5-9)11-6-14-12(15-7-11)16-8-13/h2-7H,1H3,(H,14,15,16). The fourth-order valence-corrected chi connectivity index (χ4v) is 1.42. The Morgan fingerprint density at radius 1 is 1.19 bits per heavy atom. The second kappa shape index (κ2) is 4.41. The zero-order valence-electron chi connectivity index (χ0n) is 8.81. The van der Waals surface area contributed by atoms with Gasteiger partial charge in [0, 0.05) is 18.0 Å². The van der Waals surface area contributed by atoms with Crippen molar-refractivity contribution in [3.63, 3.8) is 0 Å². The molecule has 0 fully saturated rings. The second-order valence-corrected chi connectivity index (χ2v) is 3.40. The van der Waals surface area contributed by atoms with Crippen LogP contribution < -0.4 is 5.32 Å². The first-order valence-corrected chi connectivity index (χ1v) is 4.84. The SMILES string of the molecule is Cc1cccc(-c2cnc(NC#N)nc2)c1. The molecule has 0 aliphatic carbocycles. The summed E-state index contributed by atoms with van der Waals surface area (Å²) in [5, 5.41) is 10.8. The highest BCUT2D eigenvalue weighted by Crippen LogP contribution is 2.18. The van der Waals surface area contributed by atoms with Gasteiger partial charge in [-0.3, -0.25) is 5.32 Å². The maximum atomic E-state index is 8.40. The number of nitrogens with zero attached hydrogens (tertiary/aromatic N) is 3. The molecule has 0 saturated heterocycles. The van der Waals surface area contributed by atoms with Crippen LogP contribution in [0.5, 0.6) is 0 Å². The molecule has 0 radical (unpaired) electrons. The van der Waals surface area contributed by atoms with Crippen molar-refractivity contribution in [3.05, 3.63) is 42.2 Å². The smallest absolute Gasteiger partial charge is 0.236 e. The Bertz CT molecular complexity index is 525. The van der Waals surface area contributed by atoms with Gasteiger partial charge in [0.15, 0.2) is 6.19 Å². The lowest BCUT2D eigenvalue weighted by molar-refractivity contribution is 1.17. The number of hydrogen-bond donors (Lipinski definition) is 1. The highest BCUT2D eigenvalue weighted by atomic mass is 15.1. The molecule has 4 nitrogen and oxygen atoms in total. The molecule has 2 rings (SSSR count). The molecule has 0 atom stereocenters. The van der Waals surface area contributed by atoms with Crippen LogP contribution in [0.4, 0.5) is 5.95 Å². The van der Waals surface area contributed by atoms with Gasteiger partial charge in [-0.25, -0.2) is 9.97 Å². The zero-order chi connectivity index (χ0) is 11.4. The van der Waals surface area contributed by atoms with Crippen LogP contribution in [0.1, 0.15) is 5.56 Å². The Kier molecular flexibility index (Phi) is 2.79. The first kappa shape index (κ1) is 10.1. The molecular formula is C12H10N4. The molecule has 4 heteroatoms. The molecular weight excluding hydrogens is 200 g/mol. The summed E-state index contributed by atoms with van der Waals surface area (Å²) >= 11 is 0. The van der Waals surface area contributed by atoms with E-state index in [1.165, 1.54) is 5.56 Å². The van der Waals surface area contributed by atoms with Crippen LogP contribution >= 0.6 is 0 Å². The van der Waals surface area contributed by atoms with E-state index in [0.29, 0.717) is 5.95 Å². The van der Waals surface area contributed by atoms with Crippen LogP contribution in [0.2, 0.25) is 0 Å². The molecule has 0 aliphatic rings. The molecule has 2 aromatic rings. The number of aryl methyl sites for hydroxylation is 1. The van der Waals surface area contributed by atoms with Gasteiger partial charge in [0.2, 0.25) is 5.95 Å². The summed E-state index contributed by atoms with van der Waals surface area (Å²) in [5.74, 6) is 0.318. The molecule has 0 saturated carbocycles. The number of rotatable bonds is 2. The predicted octanol–water partition coefficient (Wildman–Crippen LogP) is 2.34. The van der Waals surface area contributed by atoms with Gasteiger partial charge in [-0.15, -0.1) is 0 Å². The van der Waals surface area contributed by atoms with Gasteiger partial charge < -0.3 is 0 Å². The average molecular weight is 210 g/mol. The lowest BCUT2D eigenvalue weighted by Crippen LogP contribution is -1.94. The third-order valence-electron chi connectivity index (χ3n) is 2.17. The predicted molar refractivity (Wildman–Crippen MR) is 61.4 cm³/mol. The summed E-state index contributed by atoms with van der Waals surface area (Å²) in [5.41, 5.74) is 3.20. The van der Waals surface area contributed by atoms with Crippen LogP contribution in [-0.2, 0) is 0 Å². The van der Waals surface area contributed by atoms with E-state index in [2.05, 4.69) is 21.4 Å². The number of hydrogen-bond acceptors (Lipinski definition) is 4. The Labute approximate surface area is 93.6 Å². The van der Waals surface area contributed by atoms with Gasteiger partial charge in [-0.05, 0) is 12.5 Å². The van der Waals surface area contributed by atoms with E-state index < -0.39 is 0 Å². The lowest BCUT2D eigenvalue weighted by Gasteiger charge is -2.02. The largest absolute Gasteiger partial charge is 0.261 e. The van der Waals surface area contributed by atoms with Crippen molar-refractivity contribution in [2.24, 2.45) is 0 Å². The van der Waals surface area contributed by atoms with Crippen molar-refractivity contribution >= 4 is 5.95 Å². The Morgan fingerprint density at radius 3 is 2.56 bits per heavy atom. The second-order valence-electron chi connectivity index (χ2n) is 3.40. The highest BCUT2D eigenvalue weighted by molar-refractivity contribution is 5.62. The first-order chi connectivity index (χ1) is 7.79. The number of aromatic nitrogens is 2. The molecule has 0 aliphatic heterocycles. The van der Waals surface area contributed by atoms with Crippen LogP contribution in [0.3, 0.4) is 0 Å². The van der Waals surface area contributed by atoms with Crippen molar-refractivity contribution in [1.29, 1.82) is 5.26 Å². The quantitative estimate of drug-likeness (QED) is 0.610. The normalized spacial score (nSPS) is 9.50. The number of nitriles is 1. The van der Waals surface area contributed by atoms with Gasteiger partial charge in [0.1, 0.15) is 0 Å². The third kappa shape index (κ3) is 2.15. The first-order valence-electron chi connectivity index (χ1n) is 4.84. The molecule has 0 amide bonds. The molecule has 1 N–H and O–H groups in total. The minimum absolute atomic E-state index is 0.318.